The zero-order valence-electron chi connectivity index (χ0n) is 13.6. The zero-order valence-corrected chi connectivity index (χ0v) is 14.4. The molecule has 2 heterocycles. The molecule has 0 bridgehead atoms. The van der Waals surface area contributed by atoms with E-state index in [1.54, 1.807) is 17.5 Å². The summed E-state index contributed by atoms with van der Waals surface area (Å²) in [7, 11) is 0. The highest BCUT2D eigenvalue weighted by molar-refractivity contribution is 7.08. The maximum atomic E-state index is 12.0. The van der Waals surface area contributed by atoms with Gasteiger partial charge in [0.25, 0.3) is 5.91 Å². The molecule has 0 spiro atoms. The Bertz CT molecular complexity index is 787. The molecular weight excluding hydrogens is 338 g/mol. The lowest BCUT2D eigenvalue weighted by atomic mass is 10.0. The molecule has 25 heavy (non-hydrogen) atoms. The van der Waals surface area contributed by atoms with Crippen molar-refractivity contribution in [3.05, 3.63) is 46.2 Å². The molecule has 1 aliphatic heterocycles. The summed E-state index contributed by atoms with van der Waals surface area (Å²) in [5.41, 5.74) is 3.21. The van der Waals surface area contributed by atoms with Gasteiger partial charge < -0.3 is 16.0 Å². The fourth-order valence-electron chi connectivity index (χ4n) is 2.63. The molecule has 1 aliphatic rings. The monoisotopic (exact) mass is 357 g/mol. The maximum absolute atomic E-state index is 12.0. The SMILES string of the molecule is O=C(CCCNC(=O)c1ccsc1)Nc1ccc2c(c1)CCC(=O)N2. The summed E-state index contributed by atoms with van der Waals surface area (Å²) in [5.74, 6) is -0.184. The number of hydrogen-bond donors (Lipinski definition) is 3. The third kappa shape index (κ3) is 4.67. The molecule has 0 saturated carbocycles. The Balaban J connectivity index is 1.42. The third-order valence-electron chi connectivity index (χ3n) is 3.93. The average Bonchev–Trinajstić information content (AvgIpc) is 3.13. The van der Waals surface area contributed by atoms with E-state index in [1.165, 1.54) is 11.3 Å². The van der Waals surface area contributed by atoms with Crippen LogP contribution in [0.1, 0.15) is 35.2 Å². The Morgan fingerprint density at radius 3 is 2.88 bits per heavy atom. The molecule has 6 nitrogen and oxygen atoms in total. The van der Waals surface area contributed by atoms with Crippen molar-refractivity contribution in [3.8, 4) is 0 Å². The maximum Gasteiger partial charge on any atom is 0.252 e. The van der Waals surface area contributed by atoms with Crippen LogP contribution in [-0.2, 0) is 16.0 Å². The minimum Gasteiger partial charge on any atom is -0.352 e. The van der Waals surface area contributed by atoms with Gasteiger partial charge in [-0.05, 0) is 48.1 Å². The number of rotatable bonds is 6. The van der Waals surface area contributed by atoms with E-state index in [4.69, 9.17) is 0 Å². The second kappa shape index (κ2) is 7.94. The van der Waals surface area contributed by atoms with Gasteiger partial charge in [-0.25, -0.2) is 0 Å². The van der Waals surface area contributed by atoms with Crippen molar-refractivity contribution in [2.24, 2.45) is 0 Å². The lowest BCUT2D eigenvalue weighted by Crippen LogP contribution is -2.25. The molecule has 0 radical (unpaired) electrons. The summed E-state index contributed by atoms with van der Waals surface area (Å²) in [6, 6.07) is 7.25. The fraction of sp³-hybridized carbons (Fsp3) is 0.278. The highest BCUT2D eigenvalue weighted by Crippen LogP contribution is 2.25. The summed E-state index contributed by atoms with van der Waals surface area (Å²) in [6.45, 7) is 0.457. The molecule has 2 aromatic rings. The van der Waals surface area contributed by atoms with E-state index < -0.39 is 0 Å². The topological polar surface area (TPSA) is 87.3 Å². The number of benzene rings is 1. The molecule has 0 atom stereocenters. The summed E-state index contributed by atoms with van der Waals surface area (Å²) in [6.07, 6.45) is 2.05. The largest absolute Gasteiger partial charge is 0.352 e. The van der Waals surface area contributed by atoms with Crippen molar-refractivity contribution in [1.82, 2.24) is 5.32 Å². The summed E-state index contributed by atoms with van der Waals surface area (Å²) >= 11 is 1.47. The molecule has 0 fully saturated rings. The van der Waals surface area contributed by atoms with Crippen molar-refractivity contribution in [1.29, 1.82) is 0 Å². The van der Waals surface area contributed by atoms with Crippen molar-refractivity contribution in [2.75, 3.05) is 17.2 Å². The van der Waals surface area contributed by atoms with E-state index in [1.807, 2.05) is 17.5 Å². The molecule has 7 heteroatoms. The van der Waals surface area contributed by atoms with Crippen molar-refractivity contribution >= 4 is 40.4 Å². The molecule has 3 rings (SSSR count). The summed E-state index contributed by atoms with van der Waals surface area (Å²) < 4.78 is 0. The van der Waals surface area contributed by atoms with Crippen LogP contribution in [0, 0.1) is 0 Å². The van der Waals surface area contributed by atoms with Crippen LogP contribution in [0.15, 0.2) is 35.0 Å². The van der Waals surface area contributed by atoms with Gasteiger partial charge in [-0.2, -0.15) is 11.3 Å². The standard InChI is InChI=1S/C18H19N3O3S/c22-16(2-1-8-19-18(24)13-7-9-25-11-13)20-14-4-5-15-12(10-14)3-6-17(23)21-15/h4-5,7,9-11H,1-3,6,8H2,(H,19,24)(H,20,22)(H,21,23). The number of amides is 3. The second-order valence-corrected chi connectivity index (χ2v) is 6.62. The van der Waals surface area contributed by atoms with E-state index >= 15 is 0 Å². The Labute approximate surface area is 149 Å². The van der Waals surface area contributed by atoms with E-state index in [9.17, 15) is 14.4 Å². The molecular formula is C18H19N3O3S. The number of aryl methyl sites for hydroxylation is 1. The van der Waals surface area contributed by atoms with Gasteiger partial charge in [0.15, 0.2) is 0 Å². The van der Waals surface area contributed by atoms with Gasteiger partial charge in [-0.15, -0.1) is 0 Å². The minimum atomic E-state index is -0.113. The molecule has 3 amide bonds. The van der Waals surface area contributed by atoms with Gasteiger partial charge in [-0.3, -0.25) is 14.4 Å². The predicted molar refractivity (Wildman–Crippen MR) is 97.9 cm³/mol. The van der Waals surface area contributed by atoms with Crippen LogP contribution in [0.5, 0.6) is 0 Å². The number of nitrogens with one attached hydrogen (secondary N) is 3. The molecule has 0 aliphatic carbocycles. The lowest BCUT2D eigenvalue weighted by Gasteiger charge is -2.17. The average molecular weight is 357 g/mol. The number of hydrogen-bond acceptors (Lipinski definition) is 4. The van der Waals surface area contributed by atoms with Crippen LogP contribution in [0.4, 0.5) is 11.4 Å². The number of anilines is 2. The van der Waals surface area contributed by atoms with E-state index in [2.05, 4.69) is 16.0 Å². The number of carbonyl (C=O) groups excluding carboxylic acids is 3. The number of thiophene rings is 1. The first-order valence-corrected chi connectivity index (χ1v) is 9.09. The highest BCUT2D eigenvalue weighted by atomic mass is 32.1. The predicted octanol–water partition coefficient (Wildman–Crippen LogP) is 2.78. The van der Waals surface area contributed by atoms with Crippen LogP contribution < -0.4 is 16.0 Å². The van der Waals surface area contributed by atoms with Crippen molar-refractivity contribution in [2.45, 2.75) is 25.7 Å². The molecule has 1 aromatic heterocycles. The van der Waals surface area contributed by atoms with Crippen LogP contribution in [0.3, 0.4) is 0 Å². The fourth-order valence-corrected chi connectivity index (χ4v) is 3.27. The Morgan fingerprint density at radius 1 is 1.20 bits per heavy atom. The van der Waals surface area contributed by atoms with Crippen molar-refractivity contribution < 1.29 is 14.4 Å². The number of carbonyl (C=O) groups is 3. The van der Waals surface area contributed by atoms with Crippen LogP contribution >= 0.6 is 11.3 Å². The van der Waals surface area contributed by atoms with Gasteiger partial charge in [0.2, 0.25) is 11.8 Å². The van der Waals surface area contributed by atoms with E-state index in [-0.39, 0.29) is 17.7 Å². The van der Waals surface area contributed by atoms with E-state index in [0.29, 0.717) is 37.8 Å². The van der Waals surface area contributed by atoms with Crippen LogP contribution in [0.2, 0.25) is 0 Å². The van der Waals surface area contributed by atoms with Gasteiger partial charge in [0.1, 0.15) is 0 Å². The smallest absolute Gasteiger partial charge is 0.252 e. The van der Waals surface area contributed by atoms with Gasteiger partial charge in [0.05, 0.1) is 0 Å². The lowest BCUT2D eigenvalue weighted by molar-refractivity contribution is -0.117. The van der Waals surface area contributed by atoms with Crippen molar-refractivity contribution in [3.63, 3.8) is 0 Å². The first-order valence-electron chi connectivity index (χ1n) is 8.15. The Kier molecular flexibility index (Phi) is 5.45. The molecule has 3 N–H and O–H groups in total. The molecule has 0 unspecified atom stereocenters. The van der Waals surface area contributed by atoms with Gasteiger partial charge in [-0.1, -0.05) is 0 Å². The third-order valence-corrected chi connectivity index (χ3v) is 4.62. The molecule has 1 aromatic carbocycles. The van der Waals surface area contributed by atoms with E-state index in [0.717, 1.165) is 16.9 Å². The minimum absolute atomic E-state index is 0.0220. The quantitative estimate of drug-likeness (QED) is 0.695. The zero-order chi connectivity index (χ0) is 17.6. The normalized spacial score (nSPS) is 12.9. The van der Waals surface area contributed by atoms with Crippen LogP contribution in [0.25, 0.3) is 0 Å². The van der Waals surface area contributed by atoms with Crippen LogP contribution in [-0.4, -0.2) is 24.3 Å². The second-order valence-electron chi connectivity index (χ2n) is 5.84. The molecule has 130 valence electrons. The first-order chi connectivity index (χ1) is 12.1. The highest BCUT2D eigenvalue weighted by Gasteiger charge is 2.15. The Morgan fingerprint density at radius 2 is 2.08 bits per heavy atom. The number of fused-ring (bicyclic) bond motifs is 1. The Hall–Kier alpha value is -2.67. The summed E-state index contributed by atoms with van der Waals surface area (Å²) in [4.78, 5) is 35.1. The summed E-state index contributed by atoms with van der Waals surface area (Å²) in [5, 5.41) is 12.1. The first kappa shape index (κ1) is 17.2. The van der Waals surface area contributed by atoms with Gasteiger partial charge >= 0.3 is 0 Å². The van der Waals surface area contributed by atoms with Gasteiger partial charge in [0, 0.05) is 41.7 Å². The molecule has 0 saturated heterocycles.